The molecule has 0 aliphatic rings. The minimum Gasteiger partial charge on any atom is -0.462 e. The van der Waals surface area contributed by atoms with Gasteiger partial charge in [0, 0.05) is 20.2 Å². The Bertz CT molecular complexity index is 640. The van der Waals surface area contributed by atoms with Gasteiger partial charge in [0.25, 0.3) is 0 Å². The lowest BCUT2D eigenvalue weighted by Crippen LogP contribution is -2.45. The van der Waals surface area contributed by atoms with Gasteiger partial charge in [-0.2, -0.15) is 0 Å². The molecule has 10 nitrogen and oxygen atoms in total. The first-order valence-electron chi connectivity index (χ1n) is 8.81. The van der Waals surface area contributed by atoms with Crippen molar-refractivity contribution >= 4 is 18.0 Å². The van der Waals surface area contributed by atoms with Crippen LogP contribution in [-0.2, 0) is 32.1 Å². The van der Waals surface area contributed by atoms with E-state index in [0.29, 0.717) is 19.8 Å². The molecule has 1 aromatic carbocycles. The van der Waals surface area contributed by atoms with Crippen LogP contribution in [-0.4, -0.2) is 57.6 Å². The second kappa shape index (κ2) is 13.3. The predicted octanol–water partition coefficient (Wildman–Crippen LogP) is 0.249. The lowest BCUT2D eigenvalue weighted by atomic mass is 10.1. The van der Waals surface area contributed by atoms with Crippen LogP contribution in [0, 0.1) is 0 Å². The maximum atomic E-state index is 11.9. The zero-order chi connectivity index (χ0) is 20.8. The Morgan fingerprint density at radius 1 is 1.04 bits per heavy atom. The molecular formula is C18H28N4O6. The van der Waals surface area contributed by atoms with Crippen molar-refractivity contribution in [3.8, 4) is 0 Å². The molecule has 4 amide bonds. The summed E-state index contributed by atoms with van der Waals surface area (Å²) in [6.45, 7) is 3.33. The Labute approximate surface area is 164 Å². The normalized spacial score (nSPS) is 11.4. The summed E-state index contributed by atoms with van der Waals surface area (Å²) in [4.78, 5) is 34.5. The van der Waals surface area contributed by atoms with Crippen LogP contribution < -0.4 is 21.7 Å². The number of rotatable bonds is 12. The number of urea groups is 2. The second-order valence-electron chi connectivity index (χ2n) is 5.86. The number of amides is 4. The van der Waals surface area contributed by atoms with Crippen molar-refractivity contribution in [3.05, 3.63) is 35.4 Å². The SMILES string of the molecule is COCCOCCOC(=O)C(C)NC(=O)NCc1cccc(CNC(N)=O)c1. The van der Waals surface area contributed by atoms with Crippen LogP contribution in [0.25, 0.3) is 0 Å². The molecule has 0 radical (unpaired) electrons. The highest BCUT2D eigenvalue weighted by molar-refractivity contribution is 5.83. The molecule has 0 fully saturated rings. The maximum absolute atomic E-state index is 11.9. The largest absolute Gasteiger partial charge is 0.462 e. The van der Waals surface area contributed by atoms with Gasteiger partial charge >= 0.3 is 18.0 Å². The number of nitrogens with two attached hydrogens (primary N) is 1. The number of nitrogens with one attached hydrogen (secondary N) is 3. The third-order valence-corrected chi connectivity index (χ3v) is 3.52. The maximum Gasteiger partial charge on any atom is 0.328 e. The van der Waals surface area contributed by atoms with Crippen molar-refractivity contribution in [2.75, 3.05) is 33.5 Å². The third-order valence-electron chi connectivity index (χ3n) is 3.52. The van der Waals surface area contributed by atoms with Crippen molar-refractivity contribution < 1.29 is 28.6 Å². The Hall–Kier alpha value is -2.85. The Kier molecular flexibility index (Phi) is 11.0. The van der Waals surface area contributed by atoms with E-state index in [1.807, 2.05) is 24.3 Å². The first-order valence-corrected chi connectivity index (χ1v) is 8.81. The van der Waals surface area contributed by atoms with Gasteiger partial charge in [0.15, 0.2) is 0 Å². The smallest absolute Gasteiger partial charge is 0.328 e. The molecule has 156 valence electrons. The van der Waals surface area contributed by atoms with Crippen molar-refractivity contribution in [1.82, 2.24) is 16.0 Å². The third kappa shape index (κ3) is 10.3. The fourth-order valence-corrected chi connectivity index (χ4v) is 2.10. The molecule has 0 aliphatic heterocycles. The Morgan fingerprint density at radius 2 is 1.68 bits per heavy atom. The summed E-state index contributed by atoms with van der Waals surface area (Å²) in [5, 5.41) is 7.66. The Balaban J connectivity index is 2.28. The number of hydrogen-bond donors (Lipinski definition) is 4. The number of carbonyl (C=O) groups excluding carboxylic acids is 3. The van der Waals surface area contributed by atoms with Crippen LogP contribution in [0.15, 0.2) is 24.3 Å². The van der Waals surface area contributed by atoms with E-state index in [0.717, 1.165) is 11.1 Å². The molecule has 0 saturated carbocycles. The minimum atomic E-state index is -0.801. The van der Waals surface area contributed by atoms with Crippen molar-refractivity contribution in [1.29, 1.82) is 0 Å². The van der Waals surface area contributed by atoms with Crippen LogP contribution in [0.5, 0.6) is 0 Å². The summed E-state index contributed by atoms with van der Waals surface area (Å²) in [7, 11) is 1.57. The van der Waals surface area contributed by atoms with Crippen LogP contribution in [0.4, 0.5) is 9.59 Å². The van der Waals surface area contributed by atoms with Gasteiger partial charge in [-0.1, -0.05) is 24.3 Å². The monoisotopic (exact) mass is 396 g/mol. The van der Waals surface area contributed by atoms with Crippen LogP contribution in [0.3, 0.4) is 0 Å². The summed E-state index contributed by atoms with van der Waals surface area (Å²) in [6.07, 6.45) is 0. The summed E-state index contributed by atoms with van der Waals surface area (Å²) < 4.78 is 15.0. The van der Waals surface area contributed by atoms with Gasteiger partial charge in [-0.05, 0) is 18.1 Å². The van der Waals surface area contributed by atoms with E-state index in [1.54, 1.807) is 7.11 Å². The van der Waals surface area contributed by atoms with Gasteiger partial charge in [-0.3, -0.25) is 0 Å². The molecule has 0 saturated heterocycles. The molecule has 1 rings (SSSR count). The van der Waals surface area contributed by atoms with Crippen molar-refractivity contribution in [2.45, 2.75) is 26.1 Å². The molecule has 1 aromatic rings. The summed E-state index contributed by atoms with van der Waals surface area (Å²) in [5.41, 5.74) is 6.73. The molecule has 1 unspecified atom stereocenters. The van der Waals surface area contributed by atoms with E-state index >= 15 is 0 Å². The number of ether oxygens (including phenoxy) is 3. The minimum absolute atomic E-state index is 0.0995. The number of benzene rings is 1. The van der Waals surface area contributed by atoms with Gasteiger partial charge in [-0.15, -0.1) is 0 Å². The zero-order valence-electron chi connectivity index (χ0n) is 16.2. The topological polar surface area (TPSA) is 141 Å². The van der Waals surface area contributed by atoms with Crippen molar-refractivity contribution in [2.24, 2.45) is 5.73 Å². The van der Waals surface area contributed by atoms with Crippen molar-refractivity contribution in [3.63, 3.8) is 0 Å². The van der Waals surface area contributed by atoms with Gasteiger partial charge < -0.3 is 35.9 Å². The number of hydrogen-bond acceptors (Lipinski definition) is 6. The van der Waals surface area contributed by atoms with Gasteiger partial charge in [0.05, 0.1) is 19.8 Å². The van der Waals surface area contributed by atoms with Gasteiger partial charge in [-0.25, -0.2) is 14.4 Å². The first kappa shape index (κ1) is 23.2. The van der Waals surface area contributed by atoms with Crippen LogP contribution in [0.2, 0.25) is 0 Å². The van der Waals surface area contributed by atoms with E-state index in [-0.39, 0.29) is 19.8 Å². The van der Waals surface area contributed by atoms with E-state index < -0.39 is 24.1 Å². The molecular weight excluding hydrogens is 368 g/mol. The van der Waals surface area contributed by atoms with Gasteiger partial charge in [0.2, 0.25) is 0 Å². The molecule has 0 aliphatic carbocycles. The molecule has 0 heterocycles. The highest BCUT2D eigenvalue weighted by atomic mass is 16.6. The molecule has 0 aromatic heterocycles. The first-order chi connectivity index (χ1) is 13.4. The molecule has 0 bridgehead atoms. The summed E-state index contributed by atoms with van der Waals surface area (Å²) >= 11 is 0. The van der Waals surface area contributed by atoms with E-state index in [4.69, 9.17) is 19.9 Å². The standard InChI is InChI=1S/C18H28N4O6/c1-13(16(23)28-9-8-27-7-6-26-2)22-18(25)21-12-15-5-3-4-14(10-15)11-20-17(19)24/h3-5,10,13H,6-9,11-12H2,1-2H3,(H3,19,20,24)(H2,21,22,25). The number of primary amides is 1. The average molecular weight is 396 g/mol. The average Bonchev–Trinajstić information content (AvgIpc) is 2.67. The van der Waals surface area contributed by atoms with Crippen LogP contribution >= 0.6 is 0 Å². The molecule has 10 heteroatoms. The lowest BCUT2D eigenvalue weighted by molar-refractivity contribution is -0.147. The van der Waals surface area contributed by atoms with E-state index in [1.165, 1.54) is 6.92 Å². The lowest BCUT2D eigenvalue weighted by Gasteiger charge is -2.14. The Morgan fingerprint density at radius 3 is 2.32 bits per heavy atom. The van der Waals surface area contributed by atoms with Gasteiger partial charge in [0.1, 0.15) is 12.6 Å². The highest BCUT2D eigenvalue weighted by Gasteiger charge is 2.16. The molecule has 5 N–H and O–H groups in total. The quantitative estimate of drug-likeness (QED) is 0.295. The summed E-state index contributed by atoms with van der Waals surface area (Å²) in [6, 6.07) is 5.39. The fourth-order valence-electron chi connectivity index (χ4n) is 2.10. The van der Waals surface area contributed by atoms with Crippen LogP contribution in [0.1, 0.15) is 18.1 Å². The highest BCUT2D eigenvalue weighted by Crippen LogP contribution is 2.05. The second-order valence-corrected chi connectivity index (χ2v) is 5.86. The van der Waals surface area contributed by atoms with E-state index in [9.17, 15) is 14.4 Å². The van der Waals surface area contributed by atoms with E-state index in [2.05, 4.69) is 16.0 Å². The number of esters is 1. The summed E-state index contributed by atoms with van der Waals surface area (Å²) in [5.74, 6) is -0.551. The predicted molar refractivity (Wildman–Crippen MR) is 101 cm³/mol. The number of methoxy groups -OCH3 is 1. The molecule has 0 spiro atoms. The number of carbonyl (C=O) groups is 3. The molecule has 1 atom stereocenters. The molecule has 28 heavy (non-hydrogen) atoms. The fraction of sp³-hybridized carbons (Fsp3) is 0.500. The zero-order valence-corrected chi connectivity index (χ0v) is 16.2.